The molecular formula is C15H17ClN2O5. The average Bonchev–Trinajstić information content (AvgIpc) is 2.49. The molecule has 0 atom stereocenters. The predicted molar refractivity (Wildman–Crippen MR) is 85.8 cm³/mol. The van der Waals surface area contributed by atoms with Crippen molar-refractivity contribution in [3.63, 3.8) is 0 Å². The summed E-state index contributed by atoms with van der Waals surface area (Å²) in [5, 5.41) is 3.98. The maximum Gasteiger partial charge on any atom is 0.366 e. The van der Waals surface area contributed by atoms with Gasteiger partial charge in [0.15, 0.2) is 5.78 Å². The number of hydrogen-bond acceptors (Lipinski definition) is 7. The third kappa shape index (κ3) is 5.37. The standard InChI is InChI=1S/C15H17ClN2O5/c1-4-22-14(20)13(15(21)23-5-2)18-17-12-8-10(9(3)19)6-7-11(12)16/h6-8,17H,4-5H2,1-3H3. The van der Waals surface area contributed by atoms with E-state index in [0.29, 0.717) is 5.56 Å². The summed E-state index contributed by atoms with van der Waals surface area (Å²) in [5.74, 6) is -2.00. The number of Topliss-reactive ketones (excluding diaryl/α,β-unsaturated/α-hetero) is 1. The van der Waals surface area contributed by atoms with Crippen LogP contribution in [-0.4, -0.2) is 36.6 Å². The number of nitrogens with zero attached hydrogens (tertiary/aromatic N) is 1. The van der Waals surface area contributed by atoms with Crippen molar-refractivity contribution in [2.24, 2.45) is 5.10 Å². The van der Waals surface area contributed by atoms with Crippen LogP contribution >= 0.6 is 11.6 Å². The van der Waals surface area contributed by atoms with Gasteiger partial charge in [0.1, 0.15) is 0 Å². The fraction of sp³-hybridized carbons (Fsp3) is 0.333. The Morgan fingerprint density at radius 1 is 1.13 bits per heavy atom. The number of hydrazone groups is 1. The number of benzene rings is 1. The molecule has 0 aliphatic rings. The summed E-state index contributed by atoms with van der Waals surface area (Å²) in [6.07, 6.45) is 0. The summed E-state index contributed by atoms with van der Waals surface area (Å²) in [5.41, 5.74) is 2.62. The van der Waals surface area contributed by atoms with Crippen molar-refractivity contribution in [1.82, 2.24) is 0 Å². The summed E-state index contributed by atoms with van der Waals surface area (Å²) < 4.78 is 9.51. The number of carbonyl (C=O) groups excluding carboxylic acids is 3. The monoisotopic (exact) mass is 340 g/mol. The first-order valence-corrected chi connectivity index (χ1v) is 7.26. The quantitative estimate of drug-likeness (QED) is 0.269. The summed E-state index contributed by atoms with van der Waals surface area (Å²) in [6.45, 7) is 4.76. The normalized spacial score (nSPS) is 9.74. The Morgan fingerprint density at radius 2 is 1.70 bits per heavy atom. The van der Waals surface area contributed by atoms with E-state index in [1.165, 1.54) is 19.1 Å². The zero-order valence-corrected chi connectivity index (χ0v) is 13.8. The number of ketones is 1. The lowest BCUT2D eigenvalue weighted by Gasteiger charge is -2.08. The van der Waals surface area contributed by atoms with E-state index in [-0.39, 0.29) is 29.7 Å². The molecule has 1 rings (SSSR count). The Kier molecular flexibility index (Phi) is 7.21. The van der Waals surface area contributed by atoms with E-state index in [4.69, 9.17) is 21.1 Å². The Morgan fingerprint density at radius 3 is 2.17 bits per heavy atom. The number of nitrogens with one attached hydrogen (secondary N) is 1. The van der Waals surface area contributed by atoms with Gasteiger partial charge in [0.05, 0.1) is 23.9 Å². The van der Waals surface area contributed by atoms with E-state index in [2.05, 4.69) is 10.5 Å². The van der Waals surface area contributed by atoms with E-state index >= 15 is 0 Å². The van der Waals surface area contributed by atoms with Crippen molar-refractivity contribution in [1.29, 1.82) is 0 Å². The van der Waals surface area contributed by atoms with Crippen LogP contribution in [0.15, 0.2) is 23.3 Å². The topological polar surface area (TPSA) is 94.1 Å². The number of hydrogen-bond donors (Lipinski definition) is 1. The fourth-order valence-electron chi connectivity index (χ4n) is 1.52. The number of carbonyl (C=O) groups is 3. The molecular weight excluding hydrogens is 324 g/mol. The highest BCUT2D eigenvalue weighted by Crippen LogP contribution is 2.23. The zero-order valence-electron chi connectivity index (χ0n) is 13.0. The number of rotatable bonds is 7. The summed E-state index contributed by atoms with van der Waals surface area (Å²) >= 11 is 5.99. The van der Waals surface area contributed by atoms with E-state index in [1.54, 1.807) is 19.9 Å². The molecule has 0 aliphatic heterocycles. The molecule has 0 unspecified atom stereocenters. The Bertz CT molecular complexity index is 623. The van der Waals surface area contributed by atoms with E-state index in [0.717, 1.165) is 0 Å². The molecule has 0 radical (unpaired) electrons. The van der Waals surface area contributed by atoms with Crippen molar-refractivity contribution >= 4 is 40.7 Å². The van der Waals surface area contributed by atoms with Gasteiger partial charge in [-0.15, -0.1) is 0 Å². The van der Waals surface area contributed by atoms with Gasteiger partial charge < -0.3 is 9.47 Å². The van der Waals surface area contributed by atoms with E-state index in [9.17, 15) is 14.4 Å². The van der Waals surface area contributed by atoms with Crippen LogP contribution in [0, 0.1) is 0 Å². The molecule has 0 aliphatic carbocycles. The summed E-state index contributed by atoms with van der Waals surface area (Å²) in [7, 11) is 0. The fourth-order valence-corrected chi connectivity index (χ4v) is 1.68. The van der Waals surface area contributed by atoms with Gasteiger partial charge in [0.25, 0.3) is 5.71 Å². The van der Waals surface area contributed by atoms with Crippen LogP contribution in [0.4, 0.5) is 5.69 Å². The zero-order chi connectivity index (χ0) is 17.4. The van der Waals surface area contributed by atoms with Gasteiger partial charge in [-0.1, -0.05) is 11.6 Å². The molecule has 0 saturated heterocycles. The maximum atomic E-state index is 11.8. The lowest BCUT2D eigenvalue weighted by Crippen LogP contribution is -2.29. The van der Waals surface area contributed by atoms with Gasteiger partial charge in [-0.05, 0) is 39.0 Å². The van der Waals surface area contributed by atoms with Crippen LogP contribution in [0.1, 0.15) is 31.1 Å². The first kappa shape index (κ1) is 18.6. The minimum Gasteiger partial charge on any atom is -0.461 e. The van der Waals surface area contributed by atoms with Gasteiger partial charge in [-0.3, -0.25) is 10.2 Å². The first-order chi connectivity index (χ1) is 10.9. The molecule has 0 heterocycles. The number of esters is 2. The largest absolute Gasteiger partial charge is 0.461 e. The van der Waals surface area contributed by atoms with E-state index < -0.39 is 17.7 Å². The predicted octanol–water partition coefficient (Wildman–Crippen LogP) is 2.44. The molecule has 1 N–H and O–H groups in total. The van der Waals surface area contributed by atoms with Crippen molar-refractivity contribution in [2.45, 2.75) is 20.8 Å². The average molecular weight is 341 g/mol. The summed E-state index contributed by atoms with van der Waals surface area (Å²) in [6, 6.07) is 4.52. The second kappa shape index (κ2) is 8.89. The van der Waals surface area contributed by atoms with Crippen LogP contribution in [-0.2, 0) is 19.1 Å². The number of halogens is 1. The SMILES string of the molecule is CCOC(=O)C(=NNc1cc(C(C)=O)ccc1Cl)C(=O)OCC. The minimum absolute atomic E-state index is 0.0812. The second-order valence-electron chi connectivity index (χ2n) is 4.26. The van der Waals surface area contributed by atoms with Crippen molar-refractivity contribution in [2.75, 3.05) is 18.6 Å². The summed E-state index contributed by atoms with van der Waals surface area (Å²) in [4.78, 5) is 34.9. The highest BCUT2D eigenvalue weighted by Gasteiger charge is 2.23. The van der Waals surface area contributed by atoms with Gasteiger partial charge >= 0.3 is 11.9 Å². The highest BCUT2D eigenvalue weighted by molar-refractivity contribution is 6.62. The third-order valence-electron chi connectivity index (χ3n) is 2.60. The molecule has 0 amide bonds. The second-order valence-corrected chi connectivity index (χ2v) is 4.67. The van der Waals surface area contributed by atoms with Crippen molar-refractivity contribution < 1.29 is 23.9 Å². The van der Waals surface area contributed by atoms with Gasteiger partial charge in [0, 0.05) is 5.56 Å². The van der Waals surface area contributed by atoms with Crippen LogP contribution in [0.2, 0.25) is 5.02 Å². The molecule has 0 bridgehead atoms. The van der Waals surface area contributed by atoms with Crippen LogP contribution in [0.5, 0.6) is 0 Å². The van der Waals surface area contributed by atoms with Crippen molar-refractivity contribution in [3.8, 4) is 0 Å². The molecule has 0 saturated carbocycles. The van der Waals surface area contributed by atoms with Crippen molar-refractivity contribution in [3.05, 3.63) is 28.8 Å². The molecule has 7 nitrogen and oxygen atoms in total. The lowest BCUT2D eigenvalue weighted by atomic mass is 10.1. The van der Waals surface area contributed by atoms with Crippen LogP contribution in [0.3, 0.4) is 0 Å². The lowest BCUT2D eigenvalue weighted by molar-refractivity contribution is -0.140. The van der Waals surface area contributed by atoms with Crippen LogP contribution in [0.25, 0.3) is 0 Å². The molecule has 1 aromatic carbocycles. The molecule has 8 heteroatoms. The molecule has 124 valence electrons. The molecule has 0 fully saturated rings. The molecule has 0 aromatic heterocycles. The van der Waals surface area contributed by atoms with E-state index in [1.807, 2.05) is 0 Å². The molecule has 23 heavy (non-hydrogen) atoms. The smallest absolute Gasteiger partial charge is 0.366 e. The molecule has 0 spiro atoms. The number of ether oxygens (including phenoxy) is 2. The van der Waals surface area contributed by atoms with Gasteiger partial charge in [-0.2, -0.15) is 5.10 Å². The Balaban J connectivity index is 3.09. The van der Waals surface area contributed by atoms with Gasteiger partial charge in [0.2, 0.25) is 0 Å². The maximum absolute atomic E-state index is 11.8. The minimum atomic E-state index is -0.919. The van der Waals surface area contributed by atoms with Gasteiger partial charge in [-0.25, -0.2) is 9.59 Å². The molecule has 1 aromatic rings. The highest BCUT2D eigenvalue weighted by atomic mass is 35.5. The first-order valence-electron chi connectivity index (χ1n) is 6.89. The Labute approximate surface area is 138 Å². The third-order valence-corrected chi connectivity index (χ3v) is 2.93. The number of anilines is 1. The Hall–Kier alpha value is -2.41. The van der Waals surface area contributed by atoms with Crippen LogP contribution < -0.4 is 5.43 Å².